The van der Waals surface area contributed by atoms with Crippen molar-refractivity contribution in [2.75, 3.05) is 39.5 Å². The predicted molar refractivity (Wildman–Crippen MR) is 77.8 cm³/mol. The fraction of sp³-hybridized carbons (Fsp3) is 0.562. The first-order chi connectivity index (χ1) is 10.3. The van der Waals surface area contributed by atoms with Crippen LogP contribution in [0.4, 0.5) is 0 Å². The van der Waals surface area contributed by atoms with Gasteiger partial charge in [0, 0.05) is 18.7 Å². The van der Waals surface area contributed by atoms with Crippen LogP contribution in [0.5, 0.6) is 11.5 Å². The summed E-state index contributed by atoms with van der Waals surface area (Å²) in [7, 11) is 0. The van der Waals surface area contributed by atoms with Gasteiger partial charge in [0.25, 0.3) is 0 Å². The van der Waals surface area contributed by atoms with E-state index >= 15 is 0 Å². The second-order valence-electron chi connectivity index (χ2n) is 5.28. The number of hydrogen-bond acceptors (Lipinski definition) is 4. The van der Waals surface area contributed by atoms with Crippen molar-refractivity contribution in [2.45, 2.75) is 19.3 Å². The van der Waals surface area contributed by atoms with Crippen molar-refractivity contribution >= 4 is 5.91 Å². The summed E-state index contributed by atoms with van der Waals surface area (Å²) in [6.07, 6.45) is 2.40. The second-order valence-corrected chi connectivity index (χ2v) is 5.28. The number of amides is 1. The summed E-state index contributed by atoms with van der Waals surface area (Å²) in [5.74, 6) is 1.90. The van der Waals surface area contributed by atoms with Gasteiger partial charge in [0.15, 0.2) is 0 Å². The monoisotopic (exact) mass is 291 g/mol. The predicted octanol–water partition coefficient (Wildman–Crippen LogP) is 1.64. The van der Waals surface area contributed by atoms with Crippen LogP contribution in [0.1, 0.15) is 18.4 Å². The fourth-order valence-electron chi connectivity index (χ4n) is 2.71. The lowest BCUT2D eigenvalue weighted by Crippen LogP contribution is -2.41. The summed E-state index contributed by atoms with van der Waals surface area (Å²) in [6, 6.07) is 5.86. The Hall–Kier alpha value is -1.75. The molecule has 0 unspecified atom stereocenters. The van der Waals surface area contributed by atoms with Gasteiger partial charge in [-0.2, -0.15) is 0 Å². The maximum absolute atomic E-state index is 12.0. The molecule has 0 N–H and O–H groups in total. The molecule has 1 aromatic carbocycles. The molecule has 2 aliphatic rings. The van der Waals surface area contributed by atoms with Crippen LogP contribution in [0.25, 0.3) is 0 Å². The maximum Gasteiger partial charge on any atom is 0.226 e. The average molecular weight is 291 g/mol. The summed E-state index contributed by atoms with van der Waals surface area (Å²) in [5, 5.41) is 0. The van der Waals surface area contributed by atoms with Crippen LogP contribution in [0, 0.1) is 0 Å². The molecule has 1 aromatic rings. The molecule has 114 valence electrons. The molecular weight excluding hydrogens is 270 g/mol. The van der Waals surface area contributed by atoms with Crippen LogP contribution in [0.3, 0.4) is 0 Å². The summed E-state index contributed by atoms with van der Waals surface area (Å²) in [4.78, 5) is 13.9. The Balaban J connectivity index is 1.52. The van der Waals surface area contributed by atoms with Gasteiger partial charge < -0.3 is 19.1 Å². The Morgan fingerprint density at radius 2 is 2.10 bits per heavy atom. The highest BCUT2D eigenvalue weighted by Crippen LogP contribution is 2.32. The van der Waals surface area contributed by atoms with Crippen molar-refractivity contribution in [3.8, 4) is 11.5 Å². The van der Waals surface area contributed by atoms with Gasteiger partial charge >= 0.3 is 0 Å². The van der Waals surface area contributed by atoms with Gasteiger partial charge in [-0.3, -0.25) is 4.79 Å². The van der Waals surface area contributed by atoms with Gasteiger partial charge in [0.05, 0.1) is 32.8 Å². The quantitative estimate of drug-likeness (QED) is 0.846. The minimum Gasteiger partial charge on any atom is -0.493 e. The molecule has 2 heterocycles. The van der Waals surface area contributed by atoms with Gasteiger partial charge in [-0.25, -0.2) is 0 Å². The van der Waals surface area contributed by atoms with Crippen molar-refractivity contribution < 1.29 is 19.0 Å². The maximum atomic E-state index is 12.0. The van der Waals surface area contributed by atoms with E-state index in [1.165, 1.54) is 0 Å². The van der Waals surface area contributed by atoms with Crippen LogP contribution >= 0.6 is 0 Å². The van der Waals surface area contributed by atoms with Crippen molar-refractivity contribution in [1.29, 1.82) is 0 Å². The number of fused-ring (bicyclic) bond motifs is 1. The van der Waals surface area contributed by atoms with Crippen molar-refractivity contribution in [3.63, 3.8) is 0 Å². The molecule has 0 bridgehead atoms. The number of nitrogens with zero attached hydrogens (tertiary/aromatic N) is 1. The largest absolute Gasteiger partial charge is 0.493 e. The molecular formula is C16H21NO4. The molecule has 1 fully saturated rings. The Bertz CT molecular complexity index is 497. The van der Waals surface area contributed by atoms with Crippen LogP contribution < -0.4 is 9.47 Å². The first-order valence-corrected chi connectivity index (χ1v) is 7.57. The minimum absolute atomic E-state index is 0.138. The number of hydrogen-bond donors (Lipinski definition) is 0. The van der Waals surface area contributed by atoms with Gasteiger partial charge in [-0.15, -0.1) is 0 Å². The SMILES string of the molecule is O=C(CCOc1cccc2c1CCCO2)N1CCOCC1. The molecule has 2 aliphatic heterocycles. The smallest absolute Gasteiger partial charge is 0.226 e. The molecule has 21 heavy (non-hydrogen) atoms. The number of carbonyl (C=O) groups is 1. The van der Waals surface area contributed by atoms with E-state index in [4.69, 9.17) is 14.2 Å². The molecule has 5 heteroatoms. The number of morpholine rings is 1. The van der Waals surface area contributed by atoms with E-state index in [1.807, 2.05) is 23.1 Å². The van der Waals surface area contributed by atoms with Gasteiger partial charge in [0.1, 0.15) is 11.5 Å². The second kappa shape index (κ2) is 6.80. The Morgan fingerprint density at radius 1 is 1.24 bits per heavy atom. The van der Waals surface area contributed by atoms with Crippen molar-refractivity contribution in [1.82, 2.24) is 4.90 Å². The van der Waals surface area contributed by atoms with Crippen molar-refractivity contribution in [3.05, 3.63) is 23.8 Å². The molecule has 0 spiro atoms. The molecule has 0 atom stereocenters. The highest BCUT2D eigenvalue weighted by molar-refractivity contribution is 5.76. The zero-order valence-corrected chi connectivity index (χ0v) is 12.2. The van der Waals surface area contributed by atoms with Gasteiger partial charge in [0.2, 0.25) is 5.91 Å². The van der Waals surface area contributed by atoms with Crippen LogP contribution in [0.2, 0.25) is 0 Å². The highest BCUT2D eigenvalue weighted by Gasteiger charge is 2.18. The van der Waals surface area contributed by atoms with Crippen LogP contribution in [0.15, 0.2) is 18.2 Å². The minimum atomic E-state index is 0.138. The zero-order chi connectivity index (χ0) is 14.5. The van der Waals surface area contributed by atoms with Gasteiger partial charge in [-0.05, 0) is 25.0 Å². The third kappa shape index (κ3) is 3.47. The lowest BCUT2D eigenvalue weighted by atomic mass is 10.1. The third-order valence-electron chi connectivity index (χ3n) is 3.86. The average Bonchev–Trinajstić information content (AvgIpc) is 2.56. The molecule has 1 saturated heterocycles. The summed E-state index contributed by atoms with van der Waals surface area (Å²) in [5.41, 5.74) is 1.13. The van der Waals surface area contributed by atoms with Crippen LogP contribution in [-0.2, 0) is 16.0 Å². The lowest BCUT2D eigenvalue weighted by Gasteiger charge is -2.27. The van der Waals surface area contributed by atoms with Gasteiger partial charge in [-0.1, -0.05) is 6.07 Å². The van der Waals surface area contributed by atoms with E-state index in [1.54, 1.807) is 0 Å². The third-order valence-corrected chi connectivity index (χ3v) is 3.86. The normalized spacial score (nSPS) is 17.8. The van der Waals surface area contributed by atoms with E-state index in [-0.39, 0.29) is 5.91 Å². The number of benzene rings is 1. The fourth-order valence-corrected chi connectivity index (χ4v) is 2.71. The zero-order valence-electron chi connectivity index (χ0n) is 12.2. The van der Waals surface area contributed by atoms with Crippen molar-refractivity contribution in [2.24, 2.45) is 0 Å². The lowest BCUT2D eigenvalue weighted by molar-refractivity contribution is -0.135. The van der Waals surface area contributed by atoms with E-state index < -0.39 is 0 Å². The van der Waals surface area contributed by atoms with E-state index in [0.717, 1.165) is 36.5 Å². The Kier molecular flexibility index (Phi) is 4.60. The molecule has 0 aliphatic carbocycles. The Labute approximate surface area is 124 Å². The topological polar surface area (TPSA) is 48.0 Å². The number of rotatable bonds is 4. The molecule has 3 rings (SSSR count). The summed E-state index contributed by atoms with van der Waals surface area (Å²) >= 11 is 0. The Morgan fingerprint density at radius 3 is 2.95 bits per heavy atom. The summed E-state index contributed by atoms with van der Waals surface area (Å²) in [6.45, 7) is 3.83. The molecule has 0 saturated carbocycles. The first-order valence-electron chi connectivity index (χ1n) is 7.57. The highest BCUT2D eigenvalue weighted by atomic mass is 16.5. The van der Waals surface area contributed by atoms with E-state index in [2.05, 4.69) is 0 Å². The first kappa shape index (κ1) is 14.2. The van der Waals surface area contributed by atoms with E-state index in [9.17, 15) is 4.79 Å². The molecule has 0 aromatic heterocycles. The molecule has 1 amide bonds. The number of ether oxygens (including phenoxy) is 3. The molecule has 0 radical (unpaired) electrons. The summed E-state index contributed by atoms with van der Waals surface area (Å²) < 4.78 is 16.7. The molecule has 5 nitrogen and oxygen atoms in total. The standard InChI is InChI=1S/C16H21NO4/c18-16(17-7-11-19-12-8-17)6-10-21-15-5-1-4-14-13(15)3-2-9-20-14/h1,4-5H,2-3,6-12H2. The van der Waals surface area contributed by atoms with E-state index in [0.29, 0.717) is 39.3 Å². The van der Waals surface area contributed by atoms with Crippen LogP contribution in [-0.4, -0.2) is 50.3 Å². The number of carbonyl (C=O) groups excluding carboxylic acids is 1.